The fourth-order valence-corrected chi connectivity index (χ4v) is 4.23. The molecule has 0 N–H and O–H groups in total. The molecular weight excluding hydrogens is 405 g/mol. The Morgan fingerprint density at radius 2 is 1.86 bits per heavy atom. The summed E-state index contributed by atoms with van der Waals surface area (Å²) in [6.45, 7) is 2.34. The van der Waals surface area contributed by atoms with E-state index in [-0.39, 0.29) is 6.54 Å². The van der Waals surface area contributed by atoms with Crippen molar-refractivity contribution in [1.82, 2.24) is 29.0 Å². The van der Waals surface area contributed by atoms with Crippen molar-refractivity contribution in [2.45, 2.75) is 38.3 Å². The molecule has 1 saturated carbocycles. The van der Waals surface area contributed by atoms with Gasteiger partial charge in [-0.2, -0.15) is 4.37 Å². The summed E-state index contributed by atoms with van der Waals surface area (Å²) < 4.78 is 47.0. The van der Waals surface area contributed by atoms with Crippen LogP contribution in [0.5, 0.6) is 0 Å². The first-order chi connectivity index (χ1) is 13.9. The van der Waals surface area contributed by atoms with Crippen LogP contribution >= 0.6 is 11.5 Å². The third-order valence-corrected chi connectivity index (χ3v) is 5.99. The Hall–Kier alpha value is -2.82. The van der Waals surface area contributed by atoms with Gasteiger partial charge in [-0.3, -0.25) is 4.79 Å². The van der Waals surface area contributed by atoms with E-state index < -0.39 is 35.0 Å². The first kappa shape index (κ1) is 18.2. The van der Waals surface area contributed by atoms with E-state index in [1.165, 1.54) is 16.4 Å². The van der Waals surface area contributed by atoms with Gasteiger partial charge < -0.3 is 9.47 Å². The second kappa shape index (κ2) is 6.61. The second-order valence-electron chi connectivity index (χ2n) is 7.19. The molecule has 5 rings (SSSR count). The number of rotatable bonds is 3. The minimum Gasteiger partial charge on any atom is -0.327 e. The van der Waals surface area contributed by atoms with Crippen LogP contribution in [0.25, 0.3) is 10.8 Å². The number of amides is 1. The van der Waals surface area contributed by atoms with Crippen molar-refractivity contribution < 1.29 is 18.0 Å². The molecule has 0 saturated heterocycles. The fraction of sp³-hybridized carbons (Fsp3) is 0.389. The summed E-state index contributed by atoms with van der Waals surface area (Å²) in [5, 5.41) is 9.09. The van der Waals surface area contributed by atoms with Crippen LogP contribution in [0.15, 0.2) is 12.1 Å². The first-order valence-corrected chi connectivity index (χ1v) is 9.94. The molecule has 29 heavy (non-hydrogen) atoms. The highest BCUT2D eigenvalue weighted by atomic mass is 32.1. The number of aromatic nitrogens is 5. The largest absolute Gasteiger partial charge is 0.327 e. The number of hydrogen-bond donors (Lipinski definition) is 0. The van der Waals surface area contributed by atoms with Gasteiger partial charge in [0, 0.05) is 25.1 Å². The maximum atomic E-state index is 14.1. The molecule has 2 aliphatic rings. The van der Waals surface area contributed by atoms with Crippen molar-refractivity contribution in [2.24, 2.45) is 0 Å². The lowest BCUT2D eigenvalue weighted by molar-refractivity contribution is 0.0633. The summed E-state index contributed by atoms with van der Waals surface area (Å²) in [5.74, 6) is -2.07. The summed E-state index contributed by atoms with van der Waals surface area (Å²) in [6.07, 6.45) is 2.20. The number of hydrogen-bond acceptors (Lipinski definition) is 6. The molecule has 0 spiro atoms. The lowest BCUT2D eigenvalue weighted by Gasteiger charge is -2.33. The molecule has 0 bridgehead atoms. The molecule has 1 aliphatic heterocycles. The molecule has 7 nitrogen and oxygen atoms in total. The van der Waals surface area contributed by atoms with Crippen molar-refractivity contribution >= 4 is 17.4 Å². The Morgan fingerprint density at radius 1 is 1.10 bits per heavy atom. The molecule has 150 valence electrons. The number of carbonyl (C=O) groups excluding carboxylic acids is 1. The predicted molar refractivity (Wildman–Crippen MR) is 96.7 cm³/mol. The van der Waals surface area contributed by atoms with Gasteiger partial charge >= 0.3 is 0 Å². The molecule has 3 heterocycles. The van der Waals surface area contributed by atoms with Gasteiger partial charge in [0.1, 0.15) is 11.6 Å². The summed E-state index contributed by atoms with van der Waals surface area (Å²) in [7, 11) is 0. The van der Waals surface area contributed by atoms with E-state index >= 15 is 0 Å². The van der Waals surface area contributed by atoms with E-state index in [0.29, 0.717) is 41.3 Å². The molecule has 2 aromatic heterocycles. The fourth-order valence-electron chi connectivity index (χ4n) is 3.50. The maximum absolute atomic E-state index is 14.1. The van der Waals surface area contributed by atoms with Crippen LogP contribution in [-0.4, -0.2) is 41.5 Å². The molecular formula is C18H15F3N6OS. The quantitative estimate of drug-likeness (QED) is 0.608. The zero-order chi connectivity index (χ0) is 20.3. The normalized spacial score (nSPS) is 18.8. The van der Waals surface area contributed by atoms with Gasteiger partial charge in [-0.05, 0) is 37.4 Å². The minimum absolute atomic E-state index is 0.241. The SMILES string of the molecule is C[C@@H]1c2nnc(-c3nc(C4CC4)ns3)n2CCN1C(=O)c1cc(F)c(F)cc1F. The van der Waals surface area contributed by atoms with E-state index in [0.717, 1.165) is 18.7 Å². The molecule has 1 atom stereocenters. The number of benzene rings is 1. The van der Waals surface area contributed by atoms with E-state index in [9.17, 15) is 18.0 Å². The number of halogens is 3. The van der Waals surface area contributed by atoms with E-state index in [1.807, 2.05) is 4.57 Å². The Bertz CT molecular complexity index is 1120. The summed E-state index contributed by atoms with van der Waals surface area (Å²) in [5.41, 5.74) is -0.512. The highest BCUT2D eigenvalue weighted by Crippen LogP contribution is 2.40. The standard InChI is InChI=1S/C18H15F3N6OS/c1-8-15-23-24-16(17-22-14(25-29-17)9-2-3-9)27(15)5-4-26(8)18(28)10-6-12(20)13(21)7-11(10)19/h6-9H,2-5H2,1H3/t8-/m1/s1. The second-order valence-corrected chi connectivity index (χ2v) is 7.94. The number of carbonyl (C=O) groups is 1. The topological polar surface area (TPSA) is 76.8 Å². The third kappa shape index (κ3) is 3.00. The highest BCUT2D eigenvalue weighted by molar-refractivity contribution is 7.09. The van der Waals surface area contributed by atoms with Gasteiger partial charge in [0.15, 0.2) is 28.3 Å². The number of nitrogens with zero attached hydrogens (tertiary/aromatic N) is 6. The zero-order valence-corrected chi connectivity index (χ0v) is 16.1. The van der Waals surface area contributed by atoms with Crippen LogP contribution < -0.4 is 0 Å². The Balaban J connectivity index is 1.44. The van der Waals surface area contributed by atoms with Crippen molar-refractivity contribution in [3.63, 3.8) is 0 Å². The summed E-state index contributed by atoms with van der Waals surface area (Å²) in [4.78, 5) is 18.7. The van der Waals surface area contributed by atoms with Gasteiger partial charge in [0.05, 0.1) is 11.6 Å². The van der Waals surface area contributed by atoms with Crippen LogP contribution in [0, 0.1) is 17.5 Å². The third-order valence-electron chi connectivity index (χ3n) is 5.26. The van der Waals surface area contributed by atoms with Crippen LogP contribution in [0.1, 0.15) is 53.7 Å². The average molecular weight is 420 g/mol. The van der Waals surface area contributed by atoms with E-state index in [2.05, 4.69) is 19.6 Å². The molecule has 1 aliphatic carbocycles. The van der Waals surface area contributed by atoms with Crippen LogP contribution in [0.4, 0.5) is 13.2 Å². The number of fused-ring (bicyclic) bond motifs is 1. The molecule has 1 aromatic carbocycles. The van der Waals surface area contributed by atoms with E-state index in [1.54, 1.807) is 6.92 Å². The summed E-state index contributed by atoms with van der Waals surface area (Å²) in [6, 6.07) is 0.441. The van der Waals surface area contributed by atoms with Crippen LogP contribution in [0.3, 0.4) is 0 Å². The Labute approximate surface area is 167 Å². The average Bonchev–Trinajstić information content (AvgIpc) is 3.26. The summed E-state index contributed by atoms with van der Waals surface area (Å²) >= 11 is 1.27. The van der Waals surface area contributed by atoms with Gasteiger partial charge in [0.25, 0.3) is 5.91 Å². The van der Waals surface area contributed by atoms with Gasteiger partial charge in [-0.25, -0.2) is 18.2 Å². The van der Waals surface area contributed by atoms with Crippen molar-refractivity contribution in [3.05, 3.63) is 46.8 Å². The Morgan fingerprint density at radius 3 is 2.62 bits per heavy atom. The van der Waals surface area contributed by atoms with Crippen molar-refractivity contribution in [2.75, 3.05) is 6.54 Å². The predicted octanol–water partition coefficient (Wildman–Crippen LogP) is 3.31. The molecule has 1 amide bonds. The van der Waals surface area contributed by atoms with Crippen LogP contribution in [0.2, 0.25) is 0 Å². The van der Waals surface area contributed by atoms with Gasteiger partial charge in [-0.1, -0.05) is 0 Å². The molecule has 0 unspecified atom stereocenters. The molecule has 1 fully saturated rings. The van der Waals surface area contributed by atoms with Crippen LogP contribution in [-0.2, 0) is 6.54 Å². The zero-order valence-electron chi connectivity index (χ0n) is 15.3. The molecule has 0 radical (unpaired) electrons. The van der Waals surface area contributed by atoms with Crippen molar-refractivity contribution in [1.29, 1.82) is 0 Å². The van der Waals surface area contributed by atoms with Gasteiger partial charge in [0.2, 0.25) is 0 Å². The van der Waals surface area contributed by atoms with E-state index in [4.69, 9.17) is 0 Å². The maximum Gasteiger partial charge on any atom is 0.257 e. The Kier molecular flexibility index (Phi) is 4.16. The lowest BCUT2D eigenvalue weighted by atomic mass is 10.1. The first-order valence-electron chi connectivity index (χ1n) is 9.16. The van der Waals surface area contributed by atoms with Gasteiger partial charge in [-0.15, -0.1) is 10.2 Å². The highest BCUT2D eigenvalue weighted by Gasteiger charge is 2.35. The lowest BCUT2D eigenvalue weighted by Crippen LogP contribution is -2.41. The minimum atomic E-state index is -1.34. The smallest absolute Gasteiger partial charge is 0.257 e. The molecule has 11 heteroatoms. The van der Waals surface area contributed by atoms with Crippen molar-refractivity contribution in [3.8, 4) is 10.8 Å². The molecule has 3 aromatic rings. The monoisotopic (exact) mass is 420 g/mol.